The summed E-state index contributed by atoms with van der Waals surface area (Å²) in [6, 6.07) is 8.61. The highest BCUT2D eigenvalue weighted by Crippen LogP contribution is 2.28. The molecule has 0 saturated carbocycles. The molecule has 1 aromatic heterocycles. The molecule has 0 bridgehead atoms. The molecule has 4 rings (SSSR count). The summed E-state index contributed by atoms with van der Waals surface area (Å²) in [5.41, 5.74) is 3.99. The van der Waals surface area contributed by atoms with Crippen LogP contribution >= 0.6 is 0 Å². The minimum Gasteiger partial charge on any atom is -0.379 e. The van der Waals surface area contributed by atoms with Crippen LogP contribution in [-0.2, 0) is 17.8 Å². The third-order valence-electron chi connectivity index (χ3n) is 6.25. The molecule has 162 valence electrons. The van der Waals surface area contributed by atoms with Gasteiger partial charge in [-0.05, 0) is 50.9 Å². The zero-order valence-electron chi connectivity index (χ0n) is 18.4. The van der Waals surface area contributed by atoms with Gasteiger partial charge in [0.2, 0.25) is 5.95 Å². The molecule has 1 aromatic carbocycles. The Morgan fingerprint density at radius 2 is 1.70 bits per heavy atom. The lowest BCUT2D eigenvalue weighted by atomic mass is 10.1. The van der Waals surface area contributed by atoms with E-state index in [9.17, 15) is 4.79 Å². The minimum absolute atomic E-state index is 0.0607. The molecule has 3 heterocycles. The van der Waals surface area contributed by atoms with Gasteiger partial charge in [-0.15, -0.1) is 0 Å². The fraction of sp³-hybridized carbons (Fsp3) is 0.565. The smallest absolute Gasteiger partial charge is 0.259 e. The first-order valence-electron chi connectivity index (χ1n) is 11.0. The molecular weight excluding hydrogens is 378 g/mol. The van der Waals surface area contributed by atoms with Crippen molar-refractivity contribution >= 4 is 11.6 Å². The highest BCUT2D eigenvalue weighted by atomic mass is 16.5. The first-order valence-corrected chi connectivity index (χ1v) is 11.0. The zero-order valence-corrected chi connectivity index (χ0v) is 18.4. The number of benzene rings is 1. The molecule has 1 fully saturated rings. The third-order valence-corrected chi connectivity index (χ3v) is 6.25. The molecule has 0 N–H and O–H groups in total. The van der Waals surface area contributed by atoms with E-state index in [2.05, 4.69) is 45.9 Å². The Bertz CT molecular complexity index is 918. The van der Waals surface area contributed by atoms with Gasteiger partial charge in [0, 0.05) is 36.6 Å². The second-order valence-electron chi connectivity index (χ2n) is 8.29. The standard InChI is InChI=1S/C23H33N5O2/c1-4-20-6-8-21(9-7-20)27-16-26(11-5-10-25-12-14-30-15-13-25)17-28-22(29)18(2)19(3)24-23(27)28/h6-9H,4-5,10-17H2,1-3H3. The molecule has 2 aliphatic heterocycles. The minimum atomic E-state index is 0.0607. The van der Waals surface area contributed by atoms with Crippen LogP contribution < -0.4 is 10.5 Å². The van der Waals surface area contributed by atoms with Gasteiger partial charge in [0.25, 0.3) is 5.56 Å². The molecule has 7 heteroatoms. The van der Waals surface area contributed by atoms with Crippen LogP contribution in [0.25, 0.3) is 0 Å². The predicted molar refractivity (Wildman–Crippen MR) is 119 cm³/mol. The molecule has 1 saturated heterocycles. The maximum absolute atomic E-state index is 13.0. The second-order valence-corrected chi connectivity index (χ2v) is 8.29. The molecule has 7 nitrogen and oxygen atoms in total. The lowest BCUT2D eigenvalue weighted by molar-refractivity contribution is 0.0354. The van der Waals surface area contributed by atoms with E-state index in [0.29, 0.717) is 6.67 Å². The Balaban J connectivity index is 1.56. The highest BCUT2D eigenvalue weighted by molar-refractivity contribution is 5.58. The van der Waals surface area contributed by atoms with E-state index in [1.54, 1.807) is 0 Å². The molecule has 0 spiro atoms. The number of rotatable bonds is 6. The number of nitrogens with zero attached hydrogens (tertiary/aromatic N) is 5. The van der Waals surface area contributed by atoms with Gasteiger partial charge in [0.1, 0.15) is 0 Å². The zero-order chi connectivity index (χ0) is 21.1. The first kappa shape index (κ1) is 21.0. The van der Waals surface area contributed by atoms with Gasteiger partial charge < -0.3 is 4.74 Å². The maximum Gasteiger partial charge on any atom is 0.259 e. The van der Waals surface area contributed by atoms with Crippen molar-refractivity contribution in [2.45, 2.75) is 40.3 Å². The molecule has 2 aliphatic rings. The Labute approximate surface area is 178 Å². The van der Waals surface area contributed by atoms with Gasteiger partial charge in [-0.2, -0.15) is 0 Å². The summed E-state index contributed by atoms with van der Waals surface area (Å²) in [5.74, 6) is 0.747. The van der Waals surface area contributed by atoms with Crippen LogP contribution in [0.4, 0.5) is 11.6 Å². The summed E-state index contributed by atoms with van der Waals surface area (Å²) in [6.07, 6.45) is 2.09. The number of fused-ring (bicyclic) bond motifs is 1. The maximum atomic E-state index is 13.0. The van der Waals surface area contributed by atoms with Crippen LogP contribution in [0.3, 0.4) is 0 Å². The van der Waals surface area contributed by atoms with Crippen LogP contribution in [0.15, 0.2) is 29.1 Å². The van der Waals surface area contributed by atoms with Gasteiger partial charge in [-0.3, -0.25) is 24.1 Å². The molecule has 30 heavy (non-hydrogen) atoms. The fourth-order valence-electron chi connectivity index (χ4n) is 4.18. The van der Waals surface area contributed by atoms with Crippen LogP contribution in [0.5, 0.6) is 0 Å². The summed E-state index contributed by atoms with van der Waals surface area (Å²) >= 11 is 0. The van der Waals surface area contributed by atoms with E-state index in [4.69, 9.17) is 9.72 Å². The van der Waals surface area contributed by atoms with Crippen molar-refractivity contribution in [3.8, 4) is 0 Å². The van der Waals surface area contributed by atoms with E-state index >= 15 is 0 Å². The van der Waals surface area contributed by atoms with Crippen molar-refractivity contribution in [3.63, 3.8) is 0 Å². The molecule has 0 amide bonds. The van der Waals surface area contributed by atoms with E-state index in [1.807, 2.05) is 18.4 Å². The topological polar surface area (TPSA) is 53.8 Å². The number of morpholine rings is 1. The van der Waals surface area contributed by atoms with Crippen LogP contribution in [0.1, 0.15) is 30.2 Å². The number of anilines is 2. The number of hydrogen-bond donors (Lipinski definition) is 0. The molecule has 0 unspecified atom stereocenters. The lowest BCUT2D eigenvalue weighted by Gasteiger charge is -2.38. The normalized spacial score (nSPS) is 17.9. The molecule has 0 aliphatic carbocycles. The lowest BCUT2D eigenvalue weighted by Crippen LogP contribution is -2.48. The summed E-state index contributed by atoms with van der Waals surface area (Å²) in [5, 5.41) is 0. The number of aryl methyl sites for hydroxylation is 2. The second kappa shape index (κ2) is 9.29. The van der Waals surface area contributed by atoms with E-state index in [1.165, 1.54) is 5.56 Å². The number of aromatic nitrogens is 2. The molecular formula is C23H33N5O2. The van der Waals surface area contributed by atoms with Gasteiger partial charge in [0.15, 0.2) is 0 Å². The SMILES string of the molecule is CCc1ccc(N2CN(CCCN3CCOCC3)Cn3c2nc(C)c(C)c3=O)cc1. The Kier molecular flexibility index (Phi) is 6.51. The molecule has 2 aromatic rings. The predicted octanol–water partition coefficient (Wildman–Crippen LogP) is 2.51. The van der Waals surface area contributed by atoms with E-state index in [-0.39, 0.29) is 5.56 Å². The van der Waals surface area contributed by atoms with Gasteiger partial charge in [0.05, 0.1) is 26.6 Å². The number of hydrogen-bond acceptors (Lipinski definition) is 6. The average Bonchev–Trinajstić information content (AvgIpc) is 2.78. The Morgan fingerprint density at radius 1 is 1.00 bits per heavy atom. The van der Waals surface area contributed by atoms with Crippen molar-refractivity contribution < 1.29 is 4.74 Å². The van der Waals surface area contributed by atoms with Crippen molar-refractivity contribution in [2.75, 3.05) is 51.0 Å². The van der Waals surface area contributed by atoms with Gasteiger partial charge in [-0.25, -0.2) is 4.98 Å². The quantitative estimate of drug-likeness (QED) is 0.728. The number of ether oxygens (including phenoxy) is 1. The Hall–Kier alpha value is -2.22. The molecule has 0 radical (unpaired) electrons. The highest BCUT2D eigenvalue weighted by Gasteiger charge is 2.27. The van der Waals surface area contributed by atoms with Crippen LogP contribution in [-0.4, -0.2) is 65.4 Å². The summed E-state index contributed by atoms with van der Waals surface area (Å²) < 4.78 is 7.27. The average molecular weight is 412 g/mol. The summed E-state index contributed by atoms with van der Waals surface area (Å²) in [6.45, 7) is 13.0. The van der Waals surface area contributed by atoms with E-state index in [0.717, 1.165) is 81.8 Å². The van der Waals surface area contributed by atoms with Crippen molar-refractivity contribution in [3.05, 3.63) is 51.4 Å². The summed E-state index contributed by atoms with van der Waals surface area (Å²) in [4.78, 5) is 24.8. The van der Waals surface area contributed by atoms with Crippen LogP contribution in [0, 0.1) is 13.8 Å². The van der Waals surface area contributed by atoms with E-state index < -0.39 is 0 Å². The van der Waals surface area contributed by atoms with Crippen molar-refractivity contribution in [1.82, 2.24) is 19.4 Å². The fourth-order valence-corrected chi connectivity index (χ4v) is 4.18. The van der Waals surface area contributed by atoms with Gasteiger partial charge in [-0.1, -0.05) is 19.1 Å². The first-order chi connectivity index (χ1) is 14.6. The summed E-state index contributed by atoms with van der Waals surface area (Å²) in [7, 11) is 0. The van der Waals surface area contributed by atoms with Crippen molar-refractivity contribution in [1.29, 1.82) is 0 Å². The van der Waals surface area contributed by atoms with Crippen molar-refractivity contribution in [2.24, 2.45) is 0 Å². The van der Waals surface area contributed by atoms with Gasteiger partial charge >= 0.3 is 0 Å². The van der Waals surface area contributed by atoms with Crippen LogP contribution in [0.2, 0.25) is 0 Å². The largest absolute Gasteiger partial charge is 0.379 e. The monoisotopic (exact) mass is 411 g/mol. The Morgan fingerprint density at radius 3 is 2.40 bits per heavy atom. The third kappa shape index (κ3) is 4.43. The molecule has 0 atom stereocenters.